The highest BCUT2D eigenvalue weighted by atomic mass is 16.5. The molecule has 0 unspecified atom stereocenters. The van der Waals surface area contributed by atoms with Crippen LogP contribution in [0, 0.1) is 0 Å². The van der Waals surface area contributed by atoms with Crippen molar-refractivity contribution < 1.29 is 23.8 Å². The van der Waals surface area contributed by atoms with E-state index in [0.29, 0.717) is 44.1 Å². The second-order valence-electron chi connectivity index (χ2n) is 8.36. The molecular formula is C26H31NO5. The van der Waals surface area contributed by atoms with Gasteiger partial charge in [0.15, 0.2) is 23.1 Å². The maximum atomic E-state index is 13.3. The van der Waals surface area contributed by atoms with Gasteiger partial charge in [0.25, 0.3) is 0 Å². The number of Topliss-reactive ketones (excluding diaryl/α,β-unsaturated/α-hetero) is 2. The summed E-state index contributed by atoms with van der Waals surface area (Å²) in [7, 11) is 3.28. The number of hydrogen-bond acceptors (Lipinski definition) is 6. The number of nitrogens with zero attached hydrogens (tertiary/aromatic N) is 1. The van der Waals surface area contributed by atoms with Crippen molar-refractivity contribution in [2.45, 2.75) is 44.4 Å². The number of rotatable bonds is 8. The number of allylic oxidation sites excluding steroid dienone is 4. The van der Waals surface area contributed by atoms with E-state index in [1.807, 2.05) is 18.2 Å². The summed E-state index contributed by atoms with van der Waals surface area (Å²) in [5.41, 5.74) is 4.54. The van der Waals surface area contributed by atoms with Crippen molar-refractivity contribution >= 4 is 11.6 Å². The van der Waals surface area contributed by atoms with Crippen molar-refractivity contribution in [1.82, 2.24) is 4.90 Å². The first-order valence-corrected chi connectivity index (χ1v) is 11.3. The largest absolute Gasteiger partial charge is 0.493 e. The van der Waals surface area contributed by atoms with Gasteiger partial charge in [-0.25, -0.2) is 0 Å². The normalized spacial score (nSPS) is 19.1. The van der Waals surface area contributed by atoms with Gasteiger partial charge in [0, 0.05) is 55.0 Å². The monoisotopic (exact) mass is 437 g/mol. The Bertz CT molecular complexity index is 946. The zero-order chi connectivity index (χ0) is 22.7. The number of carbonyl (C=O) groups is 2. The van der Waals surface area contributed by atoms with Crippen molar-refractivity contribution in [3.8, 4) is 11.5 Å². The average Bonchev–Trinajstić information content (AvgIpc) is 2.81. The molecule has 6 nitrogen and oxygen atoms in total. The molecule has 0 atom stereocenters. The van der Waals surface area contributed by atoms with Crippen LogP contribution in [0.4, 0.5) is 0 Å². The van der Waals surface area contributed by atoms with Crippen molar-refractivity contribution in [1.29, 1.82) is 0 Å². The Morgan fingerprint density at radius 3 is 2.22 bits per heavy atom. The van der Waals surface area contributed by atoms with E-state index in [1.54, 1.807) is 20.3 Å². The van der Waals surface area contributed by atoms with Gasteiger partial charge >= 0.3 is 0 Å². The molecule has 0 N–H and O–H groups in total. The summed E-state index contributed by atoms with van der Waals surface area (Å²) in [6.07, 6.45) is 6.06. The third-order valence-electron chi connectivity index (χ3n) is 6.48. The molecule has 0 fully saturated rings. The fourth-order valence-electron chi connectivity index (χ4n) is 5.13. The van der Waals surface area contributed by atoms with Crippen LogP contribution in [0.3, 0.4) is 0 Å². The highest BCUT2D eigenvalue weighted by Gasteiger charge is 2.43. The molecule has 1 aromatic rings. The van der Waals surface area contributed by atoms with Crippen molar-refractivity contribution in [3.63, 3.8) is 0 Å². The zero-order valence-corrected chi connectivity index (χ0v) is 18.9. The Morgan fingerprint density at radius 2 is 1.66 bits per heavy atom. The minimum absolute atomic E-state index is 0.134. The third kappa shape index (κ3) is 3.99. The molecule has 0 bridgehead atoms. The molecular weight excluding hydrogens is 406 g/mol. The lowest BCUT2D eigenvalue weighted by Gasteiger charge is -2.44. The summed E-state index contributed by atoms with van der Waals surface area (Å²) in [5, 5.41) is 0. The molecule has 1 aliphatic heterocycles. The molecule has 0 aromatic heterocycles. The Balaban J connectivity index is 1.87. The highest BCUT2D eigenvalue weighted by Crippen LogP contribution is 2.49. The van der Waals surface area contributed by atoms with Gasteiger partial charge in [-0.05, 0) is 43.4 Å². The lowest BCUT2D eigenvalue weighted by atomic mass is 9.71. The number of ketones is 2. The molecule has 6 heteroatoms. The number of ether oxygens (including phenoxy) is 3. The number of methoxy groups -OCH3 is 2. The van der Waals surface area contributed by atoms with E-state index in [2.05, 4.69) is 11.5 Å². The molecule has 2 aliphatic carbocycles. The van der Waals surface area contributed by atoms with E-state index in [0.717, 1.165) is 53.8 Å². The maximum absolute atomic E-state index is 13.3. The van der Waals surface area contributed by atoms with E-state index >= 15 is 0 Å². The topological polar surface area (TPSA) is 65.1 Å². The second kappa shape index (κ2) is 9.74. The second-order valence-corrected chi connectivity index (χ2v) is 8.36. The van der Waals surface area contributed by atoms with Crippen molar-refractivity contribution in [3.05, 3.63) is 59.0 Å². The molecule has 32 heavy (non-hydrogen) atoms. The van der Waals surface area contributed by atoms with Crippen LogP contribution in [0.15, 0.2) is 53.4 Å². The third-order valence-corrected chi connectivity index (χ3v) is 6.48. The smallest absolute Gasteiger partial charge is 0.161 e. The molecule has 0 saturated carbocycles. The van der Waals surface area contributed by atoms with Crippen molar-refractivity contribution in [2.75, 3.05) is 34.0 Å². The minimum Gasteiger partial charge on any atom is -0.493 e. The van der Waals surface area contributed by atoms with Gasteiger partial charge in [-0.15, -0.1) is 0 Å². The average molecular weight is 438 g/mol. The summed E-state index contributed by atoms with van der Waals surface area (Å²) in [6, 6.07) is 5.72. The van der Waals surface area contributed by atoms with Gasteiger partial charge in [0.1, 0.15) is 6.61 Å². The Hall–Kier alpha value is -2.86. The van der Waals surface area contributed by atoms with E-state index in [-0.39, 0.29) is 17.5 Å². The number of carbonyl (C=O) groups excluding carboxylic acids is 2. The minimum atomic E-state index is -0.359. The molecule has 0 amide bonds. The fourth-order valence-corrected chi connectivity index (χ4v) is 5.13. The van der Waals surface area contributed by atoms with Crippen molar-refractivity contribution in [2.24, 2.45) is 0 Å². The van der Waals surface area contributed by atoms with Crippen LogP contribution in [0.5, 0.6) is 11.5 Å². The quantitative estimate of drug-likeness (QED) is 0.565. The summed E-state index contributed by atoms with van der Waals surface area (Å²) in [4.78, 5) is 28.7. The molecule has 4 rings (SSSR count). The first-order valence-electron chi connectivity index (χ1n) is 11.3. The van der Waals surface area contributed by atoms with Crippen LogP contribution in [0.25, 0.3) is 0 Å². The molecule has 1 heterocycles. The SMILES string of the molecule is C=CCOc1ccc(C2C3=C(CCCC3=O)N(CCOC)C3=C2C(=O)CCC3)cc1OC. The molecule has 170 valence electrons. The first kappa shape index (κ1) is 22.3. The lowest BCUT2D eigenvalue weighted by molar-refractivity contribution is -0.117. The fraction of sp³-hybridized carbons (Fsp3) is 0.462. The summed E-state index contributed by atoms with van der Waals surface area (Å²) in [5.74, 6) is 1.11. The molecule has 0 saturated heterocycles. The van der Waals surface area contributed by atoms with Crippen LogP contribution in [-0.4, -0.2) is 50.4 Å². The molecule has 3 aliphatic rings. The predicted molar refractivity (Wildman–Crippen MR) is 122 cm³/mol. The Kier molecular flexibility index (Phi) is 6.80. The van der Waals surface area contributed by atoms with Crippen LogP contribution in [-0.2, 0) is 14.3 Å². The van der Waals surface area contributed by atoms with Crippen LogP contribution in [0.2, 0.25) is 0 Å². The lowest BCUT2D eigenvalue weighted by Crippen LogP contribution is -2.40. The van der Waals surface area contributed by atoms with Gasteiger partial charge in [-0.2, -0.15) is 0 Å². The van der Waals surface area contributed by atoms with E-state index in [4.69, 9.17) is 14.2 Å². The van der Waals surface area contributed by atoms with Crippen LogP contribution in [0.1, 0.15) is 50.0 Å². The first-order chi connectivity index (χ1) is 15.6. The summed E-state index contributed by atoms with van der Waals surface area (Å²) < 4.78 is 16.6. The molecule has 1 aromatic carbocycles. The standard InChI is InChI=1S/C26H31NO5/c1-4-14-32-22-12-11-17(16-23(22)31-3)24-25-18(7-5-9-20(25)28)27(13-15-30-2)19-8-6-10-21(29)26(19)24/h4,11-12,16,24H,1,5-10,13-15H2,2-3H3. The molecule has 0 radical (unpaired) electrons. The number of benzene rings is 1. The van der Waals surface area contributed by atoms with Crippen LogP contribution < -0.4 is 9.47 Å². The van der Waals surface area contributed by atoms with Gasteiger partial charge in [0.05, 0.1) is 13.7 Å². The predicted octanol–water partition coefficient (Wildman–Crippen LogP) is 4.32. The van der Waals surface area contributed by atoms with E-state index in [1.165, 1.54) is 0 Å². The zero-order valence-electron chi connectivity index (χ0n) is 18.9. The van der Waals surface area contributed by atoms with Gasteiger partial charge in [0.2, 0.25) is 0 Å². The van der Waals surface area contributed by atoms with E-state index < -0.39 is 0 Å². The molecule has 0 spiro atoms. The summed E-state index contributed by atoms with van der Waals surface area (Å²) in [6.45, 7) is 5.26. The van der Waals surface area contributed by atoms with E-state index in [9.17, 15) is 9.59 Å². The van der Waals surface area contributed by atoms with Gasteiger partial charge in [-0.3, -0.25) is 9.59 Å². The maximum Gasteiger partial charge on any atom is 0.161 e. The number of hydrogen-bond donors (Lipinski definition) is 0. The van der Waals surface area contributed by atoms with Crippen LogP contribution >= 0.6 is 0 Å². The Morgan fingerprint density at radius 1 is 1.00 bits per heavy atom. The van der Waals surface area contributed by atoms with Gasteiger partial charge < -0.3 is 19.1 Å². The highest BCUT2D eigenvalue weighted by molar-refractivity contribution is 6.06. The summed E-state index contributed by atoms with van der Waals surface area (Å²) >= 11 is 0. The Labute approximate surface area is 189 Å². The van der Waals surface area contributed by atoms with Gasteiger partial charge in [-0.1, -0.05) is 18.7 Å².